The van der Waals surface area contributed by atoms with E-state index in [2.05, 4.69) is 32.8 Å². The number of hydrogen-bond donors (Lipinski definition) is 2. The Bertz CT molecular complexity index is 451. The molecule has 124 valence electrons. The predicted molar refractivity (Wildman–Crippen MR) is 96.2 cm³/mol. The van der Waals surface area contributed by atoms with Crippen LogP contribution in [0.5, 0.6) is 0 Å². The van der Waals surface area contributed by atoms with Gasteiger partial charge in [0, 0.05) is 45.0 Å². The minimum absolute atomic E-state index is 0.872. The van der Waals surface area contributed by atoms with Crippen LogP contribution in [-0.4, -0.2) is 44.2 Å². The van der Waals surface area contributed by atoms with Gasteiger partial charge in [-0.15, -0.1) is 11.3 Å². The van der Waals surface area contributed by atoms with Gasteiger partial charge in [0.15, 0.2) is 11.1 Å². The molecule has 2 heterocycles. The number of rotatable bonds is 8. The van der Waals surface area contributed by atoms with Gasteiger partial charge in [-0.3, -0.25) is 4.99 Å². The van der Waals surface area contributed by atoms with Gasteiger partial charge in [-0.1, -0.05) is 19.8 Å². The van der Waals surface area contributed by atoms with Gasteiger partial charge < -0.3 is 15.5 Å². The Morgan fingerprint density at radius 3 is 2.77 bits per heavy atom. The summed E-state index contributed by atoms with van der Waals surface area (Å²) in [4.78, 5) is 11.4. The summed E-state index contributed by atoms with van der Waals surface area (Å²) in [7, 11) is 1.82. The Balaban J connectivity index is 1.66. The highest BCUT2D eigenvalue weighted by atomic mass is 32.1. The molecule has 0 aliphatic carbocycles. The molecule has 0 spiro atoms. The van der Waals surface area contributed by atoms with Gasteiger partial charge in [-0.05, 0) is 19.3 Å². The topological polar surface area (TPSA) is 52.6 Å². The number of thiazole rings is 1. The molecule has 1 saturated heterocycles. The maximum Gasteiger partial charge on any atom is 0.190 e. The molecule has 0 saturated carbocycles. The summed E-state index contributed by atoms with van der Waals surface area (Å²) in [6, 6.07) is 0. The molecular weight excluding hydrogens is 294 g/mol. The first-order chi connectivity index (χ1) is 10.8. The monoisotopic (exact) mass is 323 g/mol. The van der Waals surface area contributed by atoms with Crippen molar-refractivity contribution in [2.45, 2.75) is 45.4 Å². The van der Waals surface area contributed by atoms with Crippen molar-refractivity contribution >= 4 is 22.4 Å². The molecule has 5 nitrogen and oxygen atoms in total. The molecule has 1 fully saturated rings. The maximum absolute atomic E-state index is 4.75. The van der Waals surface area contributed by atoms with Crippen LogP contribution in [0.4, 0.5) is 5.13 Å². The van der Waals surface area contributed by atoms with Gasteiger partial charge in [0.25, 0.3) is 0 Å². The summed E-state index contributed by atoms with van der Waals surface area (Å²) in [5.74, 6) is 0.895. The van der Waals surface area contributed by atoms with Gasteiger partial charge in [0.2, 0.25) is 0 Å². The summed E-state index contributed by atoms with van der Waals surface area (Å²) in [5.41, 5.74) is 1.18. The molecule has 1 aliphatic rings. The summed E-state index contributed by atoms with van der Waals surface area (Å²) in [6.07, 6.45) is 7.26. The summed E-state index contributed by atoms with van der Waals surface area (Å²) < 4.78 is 0. The number of nitrogens with one attached hydrogen (secondary N) is 2. The standard InChI is InChI=1S/C16H29N5S/c1-3-4-5-9-18-15(17-2)19-10-8-14-13-22-16(20-14)21-11-6-7-12-21/h13H,3-12H2,1-2H3,(H2,17,18,19). The third-order valence-corrected chi connectivity index (χ3v) is 4.84. The molecule has 0 radical (unpaired) electrons. The minimum atomic E-state index is 0.872. The van der Waals surface area contributed by atoms with Crippen molar-refractivity contribution in [2.75, 3.05) is 38.1 Å². The van der Waals surface area contributed by atoms with Crippen LogP contribution in [0.2, 0.25) is 0 Å². The largest absolute Gasteiger partial charge is 0.356 e. The fraction of sp³-hybridized carbons (Fsp3) is 0.750. The molecule has 2 N–H and O–H groups in total. The zero-order valence-corrected chi connectivity index (χ0v) is 14.7. The van der Waals surface area contributed by atoms with E-state index < -0.39 is 0 Å². The van der Waals surface area contributed by atoms with E-state index in [1.165, 1.54) is 56.0 Å². The van der Waals surface area contributed by atoms with E-state index in [-0.39, 0.29) is 0 Å². The van der Waals surface area contributed by atoms with Crippen molar-refractivity contribution in [2.24, 2.45) is 4.99 Å². The van der Waals surface area contributed by atoms with E-state index in [0.717, 1.165) is 25.5 Å². The summed E-state index contributed by atoms with van der Waals surface area (Å²) in [5, 5.41) is 10.1. The Kier molecular flexibility index (Phi) is 7.49. The molecule has 6 heteroatoms. The lowest BCUT2D eigenvalue weighted by Gasteiger charge is -2.12. The maximum atomic E-state index is 4.75. The second-order valence-corrected chi connectivity index (χ2v) is 6.53. The fourth-order valence-corrected chi connectivity index (χ4v) is 3.49. The number of anilines is 1. The number of hydrogen-bond acceptors (Lipinski definition) is 4. The molecule has 0 unspecified atom stereocenters. The first-order valence-electron chi connectivity index (χ1n) is 8.47. The van der Waals surface area contributed by atoms with E-state index in [9.17, 15) is 0 Å². The molecule has 0 atom stereocenters. The van der Waals surface area contributed by atoms with Crippen LogP contribution in [-0.2, 0) is 6.42 Å². The first-order valence-corrected chi connectivity index (χ1v) is 9.35. The van der Waals surface area contributed by atoms with Crippen molar-refractivity contribution in [3.8, 4) is 0 Å². The molecule has 1 aromatic rings. The molecule has 0 bridgehead atoms. The van der Waals surface area contributed by atoms with Gasteiger partial charge in [0.05, 0.1) is 5.69 Å². The van der Waals surface area contributed by atoms with Crippen molar-refractivity contribution in [1.82, 2.24) is 15.6 Å². The average Bonchev–Trinajstić information content (AvgIpc) is 3.20. The fourth-order valence-electron chi connectivity index (χ4n) is 2.58. The molecule has 22 heavy (non-hydrogen) atoms. The number of aromatic nitrogens is 1. The SMILES string of the molecule is CCCCCNC(=NC)NCCc1csc(N2CCCC2)n1. The third kappa shape index (κ3) is 5.48. The lowest BCUT2D eigenvalue weighted by atomic mass is 10.2. The number of unbranched alkanes of at least 4 members (excludes halogenated alkanes) is 2. The normalized spacial score (nSPS) is 15.4. The zero-order valence-electron chi connectivity index (χ0n) is 13.9. The predicted octanol–water partition coefficient (Wildman–Crippen LogP) is 2.64. The molecule has 0 aromatic carbocycles. The zero-order chi connectivity index (χ0) is 15.6. The van der Waals surface area contributed by atoms with Gasteiger partial charge in [0.1, 0.15) is 0 Å². The Morgan fingerprint density at radius 1 is 1.27 bits per heavy atom. The second-order valence-electron chi connectivity index (χ2n) is 5.70. The van der Waals surface area contributed by atoms with Crippen molar-refractivity contribution in [3.05, 3.63) is 11.1 Å². The van der Waals surface area contributed by atoms with E-state index >= 15 is 0 Å². The van der Waals surface area contributed by atoms with Crippen LogP contribution >= 0.6 is 11.3 Å². The van der Waals surface area contributed by atoms with E-state index in [1.807, 2.05) is 7.05 Å². The highest BCUT2D eigenvalue weighted by Gasteiger charge is 2.15. The van der Waals surface area contributed by atoms with Crippen molar-refractivity contribution < 1.29 is 0 Å². The molecule has 1 aliphatic heterocycles. The second kappa shape index (κ2) is 9.66. The van der Waals surface area contributed by atoms with Crippen LogP contribution in [0.15, 0.2) is 10.4 Å². The van der Waals surface area contributed by atoms with Gasteiger partial charge >= 0.3 is 0 Å². The smallest absolute Gasteiger partial charge is 0.190 e. The number of guanidine groups is 1. The van der Waals surface area contributed by atoms with E-state index in [1.54, 1.807) is 11.3 Å². The van der Waals surface area contributed by atoms with Crippen LogP contribution in [0.3, 0.4) is 0 Å². The number of aliphatic imine (C=N–C) groups is 1. The van der Waals surface area contributed by atoms with Crippen LogP contribution in [0, 0.1) is 0 Å². The van der Waals surface area contributed by atoms with Crippen LogP contribution in [0.1, 0.15) is 44.7 Å². The van der Waals surface area contributed by atoms with Gasteiger partial charge in [-0.2, -0.15) is 0 Å². The third-order valence-electron chi connectivity index (χ3n) is 3.89. The summed E-state index contributed by atoms with van der Waals surface area (Å²) in [6.45, 7) is 6.41. The minimum Gasteiger partial charge on any atom is -0.356 e. The Labute approximate surface area is 138 Å². The quantitative estimate of drug-likeness (QED) is 0.439. The summed E-state index contributed by atoms with van der Waals surface area (Å²) >= 11 is 1.77. The van der Waals surface area contributed by atoms with Crippen LogP contribution in [0.25, 0.3) is 0 Å². The molecular formula is C16H29N5S. The number of nitrogens with zero attached hydrogens (tertiary/aromatic N) is 3. The molecule has 2 rings (SSSR count). The Morgan fingerprint density at radius 2 is 2.05 bits per heavy atom. The first kappa shape index (κ1) is 17.1. The lowest BCUT2D eigenvalue weighted by Crippen LogP contribution is -2.38. The van der Waals surface area contributed by atoms with Crippen molar-refractivity contribution in [3.63, 3.8) is 0 Å². The average molecular weight is 324 g/mol. The van der Waals surface area contributed by atoms with E-state index in [0.29, 0.717) is 0 Å². The van der Waals surface area contributed by atoms with Crippen LogP contribution < -0.4 is 15.5 Å². The highest BCUT2D eigenvalue weighted by Crippen LogP contribution is 2.24. The van der Waals surface area contributed by atoms with E-state index in [4.69, 9.17) is 4.98 Å². The molecule has 0 amide bonds. The van der Waals surface area contributed by atoms with Gasteiger partial charge in [-0.25, -0.2) is 4.98 Å². The Hall–Kier alpha value is -1.30. The highest BCUT2D eigenvalue weighted by molar-refractivity contribution is 7.13. The lowest BCUT2D eigenvalue weighted by molar-refractivity contribution is 0.682. The van der Waals surface area contributed by atoms with Crippen molar-refractivity contribution in [1.29, 1.82) is 0 Å². The molecule has 1 aromatic heterocycles.